The number of anilines is 2. The number of nitrogens with two attached hydrogens (primary N) is 1. The van der Waals surface area contributed by atoms with Gasteiger partial charge in [-0.15, -0.1) is 0 Å². The maximum absolute atomic E-state index is 6.35. The predicted molar refractivity (Wildman–Crippen MR) is 96.6 cm³/mol. The average Bonchev–Trinajstić information content (AvgIpc) is 2.90. The van der Waals surface area contributed by atoms with Crippen LogP contribution in [0.25, 0.3) is 11.0 Å². The molecule has 8 heteroatoms. The van der Waals surface area contributed by atoms with Crippen molar-refractivity contribution in [2.24, 2.45) is 7.05 Å². The second-order valence-electron chi connectivity index (χ2n) is 5.99. The third-order valence-electron chi connectivity index (χ3n) is 4.58. The number of nitrogens with zero attached hydrogens (tertiary/aromatic N) is 5. The summed E-state index contributed by atoms with van der Waals surface area (Å²) in [5.41, 5.74) is 9.06. The zero-order valence-electron chi connectivity index (χ0n) is 13.3. The number of aromatic nitrogens is 4. The molecule has 3 heterocycles. The van der Waals surface area contributed by atoms with Gasteiger partial charge in [-0.3, -0.25) is 4.68 Å². The normalized spacial score (nSPS) is 17.3. The molecule has 24 heavy (non-hydrogen) atoms. The molecule has 124 valence electrons. The molecule has 1 unspecified atom stereocenters. The maximum atomic E-state index is 6.35. The Morgan fingerprint density at radius 3 is 2.83 bits per heavy atom. The number of fused-ring (bicyclic) bond motifs is 2. The van der Waals surface area contributed by atoms with Gasteiger partial charge >= 0.3 is 0 Å². The summed E-state index contributed by atoms with van der Waals surface area (Å²) in [7, 11) is 1.84. The van der Waals surface area contributed by atoms with Crippen LogP contribution >= 0.6 is 23.2 Å². The van der Waals surface area contributed by atoms with E-state index in [9.17, 15) is 0 Å². The molecule has 6 nitrogen and oxygen atoms in total. The molecule has 0 radical (unpaired) electrons. The molecule has 0 saturated heterocycles. The second kappa shape index (κ2) is 5.50. The molecule has 0 bridgehead atoms. The highest BCUT2D eigenvalue weighted by Gasteiger charge is 2.28. The van der Waals surface area contributed by atoms with E-state index in [1.54, 1.807) is 16.9 Å². The Labute approximate surface area is 149 Å². The van der Waals surface area contributed by atoms with Gasteiger partial charge in [0.15, 0.2) is 5.65 Å². The number of halogens is 2. The summed E-state index contributed by atoms with van der Waals surface area (Å²) in [6, 6.07) is 3.81. The largest absolute Gasteiger partial charge is 0.383 e. The van der Waals surface area contributed by atoms with Gasteiger partial charge in [0, 0.05) is 23.6 Å². The first kappa shape index (κ1) is 15.5. The molecule has 0 fully saturated rings. The van der Waals surface area contributed by atoms with E-state index < -0.39 is 0 Å². The molecule has 0 aliphatic carbocycles. The van der Waals surface area contributed by atoms with Crippen molar-refractivity contribution in [2.75, 3.05) is 17.2 Å². The van der Waals surface area contributed by atoms with Gasteiger partial charge in [0.1, 0.15) is 5.82 Å². The quantitative estimate of drug-likeness (QED) is 0.718. The van der Waals surface area contributed by atoms with Crippen LogP contribution in [0.1, 0.15) is 24.1 Å². The van der Waals surface area contributed by atoms with E-state index in [1.165, 1.54) is 0 Å². The van der Waals surface area contributed by atoms with E-state index in [-0.39, 0.29) is 6.04 Å². The van der Waals surface area contributed by atoms with Crippen molar-refractivity contribution in [3.63, 3.8) is 0 Å². The number of hydrogen-bond donors (Lipinski definition) is 1. The Balaban J connectivity index is 1.82. The van der Waals surface area contributed by atoms with Crippen molar-refractivity contribution < 1.29 is 0 Å². The van der Waals surface area contributed by atoms with Gasteiger partial charge in [0.2, 0.25) is 5.95 Å². The molecule has 1 aromatic carbocycles. The third-order valence-corrected chi connectivity index (χ3v) is 5.14. The van der Waals surface area contributed by atoms with E-state index in [1.807, 2.05) is 13.1 Å². The van der Waals surface area contributed by atoms with Crippen molar-refractivity contribution in [3.05, 3.63) is 39.5 Å². The van der Waals surface area contributed by atoms with Crippen LogP contribution in [0, 0.1) is 0 Å². The molecule has 1 aliphatic rings. The zero-order valence-corrected chi connectivity index (χ0v) is 14.8. The van der Waals surface area contributed by atoms with Crippen LogP contribution < -0.4 is 10.6 Å². The third kappa shape index (κ3) is 2.29. The first-order valence-corrected chi connectivity index (χ1v) is 8.41. The molecule has 4 rings (SSSR count). The fourth-order valence-electron chi connectivity index (χ4n) is 3.29. The van der Waals surface area contributed by atoms with Gasteiger partial charge in [0.25, 0.3) is 0 Å². The Kier molecular flexibility index (Phi) is 3.54. The molecule has 0 amide bonds. The summed E-state index contributed by atoms with van der Waals surface area (Å²) < 4.78 is 1.70. The van der Waals surface area contributed by atoms with Gasteiger partial charge in [-0.2, -0.15) is 15.1 Å². The first-order chi connectivity index (χ1) is 11.5. The highest BCUT2D eigenvalue weighted by molar-refractivity contribution is 6.35. The van der Waals surface area contributed by atoms with Gasteiger partial charge in [-0.1, -0.05) is 23.2 Å². The lowest BCUT2D eigenvalue weighted by Gasteiger charge is -2.36. The lowest BCUT2D eigenvalue weighted by atomic mass is 9.94. The molecule has 0 saturated carbocycles. The monoisotopic (exact) mass is 362 g/mol. The van der Waals surface area contributed by atoms with Crippen molar-refractivity contribution in [1.29, 1.82) is 0 Å². The summed E-state index contributed by atoms with van der Waals surface area (Å²) in [5.74, 6) is 1.03. The van der Waals surface area contributed by atoms with E-state index in [4.69, 9.17) is 28.9 Å². The van der Waals surface area contributed by atoms with Crippen LogP contribution in [0.15, 0.2) is 18.3 Å². The summed E-state index contributed by atoms with van der Waals surface area (Å²) in [6.45, 7) is 2.86. The topological polar surface area (TPSA) is 72.9 Å². The van der Waals surface area contributed by atoms with Crippen LogP contribution in [0.2, 0.25) is 10.0 Å². The Morgan fingerprint density at radius 2 is 2.04 bits per heavy atom. The Bertz CT molecular complexity index is 951. The van der Waals surface area contributed by atoms with E-state index in [0.29, 0.717) is 21.8 Å². The minimum Gasteiger partial charge on any atom is -0.383 e. The van der Waals surface area contributed by atoms with Crippen molar-refractivity contribution >= 4 is 46.0 Å². The van der Waals surface area contributed by atoms with Crippen LogP contribution in [0.5, 0.6) is 0 Å². The number of nitrogen functional groups attached to an aromatic ring is 1. The Morgan fingerprint density at radius 1 is 1.25 bits per heavy atom. The van der Waals surface area contributed by atoms with Gasteiger partial charge in [-0.25, -0.2) is 0 Å². The van der Waals surface area contributed by atoms with Crippen molar-refractivity contribution in [2.45, 2.75) is 19.4 Å². The maximum Gasteiger partial charge on any atom is 0.229 e. The molecule has 3 aromatic rings. The molecule has 2 N–H and O–H groups in total. The number of rotatable bonds is 1. The molecule has 2 aromatic heterocycles. The van der Waals surface area contributed by atoms with Crippen LogP contribution in [0.4, 0.5) is 11.8 Å². The van der Waals surface area contributed by atoms with Crippen molar-refractivity contribution in [1.82, 2.24) is 19.7 Å². The highest BCUT2D eigenvalue weighted by Crippen LogP contribution is 2.37. The fraction of sp³-hybridized carbons (Fsp3) is 0.312. The minimum atomic E-state index is 0.0510. The summed E-state index contributed by atoms with van der Waals surface area (Å²) in [6.07, 6.45) is 2.49. The highest BCUT2D eigenvalue weighted by atomic mass is 35.5. The molecule has 1 aliphatic heterocycles. The number of benzene rings is 1. The minimum absolute atomic E-state index is 0.0510. The summed E-state index contributed by atoms with van der Waals surface area (Å²) in [5, 5.41) is 6.31. The summed E-state index contributed by atoms with van der Waals surface area (Å²) in [4.78, 5) is 11.3. The molecular weight excluding hydrogens is 347 g/mol. The van der Waals surface area contributed by atoms with Crippen LogP contribution in [-0.4, -0.2) is 26.3 Å². The standard InChI is InChI=1S/C16H16Cl2N6/c1-8-11-5-9(17)6-13(18)10(11)3-4-24(8)16-21-14(19)12-7-20-23(2)15(12)22-16/h5-8H,3-4H2,1-2H3,(H2,19,21,22). The molecular formula is C16H16Cl2N6. The van der Waals surface area contributed by atoms with Gasteiger partial charge in [0.05, 0.1) is 17.6 Å². The molecule has 0 spiro atoms. The van der Waals surface area contributed by atoms with E-state index in [2.05, 4.69) is 26.9 Å². The lowest BCUT2D eigenvalue weighted by molar-refractivity contribution is 0.609. The Hall–Kier alpha value is -2.05. The lowest BCUT2D eigenvalue weighted by Crippen LogP contribution is -2.35. The van der Waals surface area contributed by atoms with Gasteiger partial charge in [-0.05, 0) is 36.6 Å². The molecule has 1 atom stereocenters. The average molecular weight is 363 g/mol. The number of aryl methyl sites for hydroxylation is 1. The van der Waals surface area contributed by atoms with E-state index in [0.717, 1.165) is 35.1 Å². The van der Waals surface area contributed by atoms with Crippen molar-refractivity contribution in [3.8, 4) is 0 Å². The van der Waals surface area contributed by atoms with Gasteiger partial charge < -0.3 is 10.6 Å². The summed E-state index contributed by atoms with van der Waals surface area (Å²) >= 11 is 12.5. The number of hydrogen-bond acceptors (Lipinski definition) is 5. The predicted octanol–water partition coefficient (Wildman–Crippen LogP) is 3.38. The smallest absolute Gasteiger partial charge is 0.229 e. The first-order valence-electron chi connectivity index (χ1n) is 7.65. The van der Waals surface area contributed by atoms with Crippen LogP contribution in [-0.2, 0) is 13.5 Å². The second-order valence-corrected chi connectivity index (χ2v) is 6.83. The van der Waals surface area contributed by atoms with Crippen LogP contribution in [0.3, 0.4) is 0 Å². The fourth-order valence-corrected chi connectivity index (χ4v) is 3.89. The zero-order chi connectivity index (χ0) is 17.0. The van der Waals surface area contributed by atoms with E-state index >= 15 is 0 Å². The SMILES string of the molecule is CC1c2cc(Cl)cc(Cl)c2CCN1c1nc(N)c2cnn(C)c2n1.